The molecule has 0 radical (unpaired) electrons. The van der Waals surface area contributed by atoms with Gasteiger partial charge in [-0.25, -0.2) is 0 Å². The van der Waals surface area contributed by atoms with Crippen molar-refractivity contribution in [1.82, 2.24) is 10.6 Å². The van der Waals surface area contributed by atoms with Crippen molar-refractivity contribution in [3.63, 3.8) is 0 Å². The number of hydrogen-bond acceptors (Lipinski definition) is 5. The van der Waals surface area contributed by atoms with Crippen molar-refractivity contribution in [1.29, 1.82) is 0 Å². The smallest absolute Gasteiger partial charge is 0.325 e. The van der Waals surface area contributed by atoms with Gasteiger partial charge in [-0.15, -0.1) is 0 Å². The number of rotatable bonds is 8. The maximum Gasteiger partial charge on any atom is 0.325 e. The summed E-state index contributed by atoms with van der Waals surface area (Å²) in [5.41, 5.74) is 0.410. The van der Waals surface area contributed by atoms with Crippen molar-refractivity contribution in [3.8, 4) is 5.75 Å². The van der Waals surface area contributed by atoms with Crippen LogP contribution in [0.2, 0.25) is 0 Å². The van der Waals surface area contributed by atoms with Crippen LogP contribution >= 0.6 is 0 Å². The van der Waals surface area contributed by atoms with Crippen LogP contribution in [0.1, 0.15) is 56.8 Å². The molecular formula is C21H30N2O5. The second kappa shape index (κ2) is 10.7. The van der Waals surface area contributed by atoms with E-state index >= 15 is 0 Å². The Morgan fingerprint density at radius 1 is 1.11 bits per heavy atom. The molecule has 1 aliphatic carbocycles. The highest BCUT2D eigenvalue weighted by Crippen LogP contribution is 2.23. The quantitative estimate of drug-likeness (QED) is 0.665. The van der Waals surface area contributed by atoms with Crippen LogP contribution in [0.15, 0.2) is 24.3 Å². The molecule has 0 aliphatic heterocycles. The van der Waals surface area contributed by atoms with Crippen molar-refractivity contribution in [2.24, 2.45) is 5.92 Å². The van der Waals surface area contributed by atoms with E-state index in [-0.39, 0.29) is 31.2 Å². The highest BCUT2D eigenvalue weighted by Gasteiger charge is 2.23. The summed E-state index contributed by atoms with van der Waals surface area (Å²) in [4.78, 5) is 35.8. The van der Waals surface area contributed by atoms with Crippen molar-refractivity contribution in [2.45, 2.75) is 58.6 Å². The summed E-state index contributed by atoms with van der Waals surface area (Å²) in [5, 5.41) is 5.40. The summed E-state index contributed by atoms with van der Waals surface area (Å²) < 4.78 is 10.5. The minimum absolute atomic E-state index is 0.0490. The molecule has 0 saturated heterocycles. The summed E-state index contributed by atoms with van der Waals surface area (Å²) in [6.45, 7) is 5.33. The van der Waals surface area contributed by atoms with Crippen LogP contribution in [0.4, 0.5) is 0 Å². The number of ether oxygens (including phenoxy) is 2. The topological polar surface area (TPSA) is 93.7 Å². The van der Waals surface area contributed by atoms with Gasteiger partial charge in [-0.2, -0.15) is 0 Å². The fourth-order valence-electron chi connectivity index (χ4n) is 3.19. The average molecular weight is 390 g/mol. The molecule has 2 unspecified atom stereocenters. The molecule has 1 aromatic carbocycles. The van der Waals surface area contributed by atoms with E-state index in [9.17, 15) is 14.4 Å². The number of esters is 1. The molecule has 2 N–H and O–H groups in total. The first kappa shape index (κ1) is 21.7. The van der Waals surface area contributed by atoms with Gasteiger partial charge in [0.15, 0.2) is 6.61 Å². The zero-order valence-electron chi connectivity index (χ0n) is 16.8. The Kier molecular flexibility index (Phi) is 8.29. The van der Waals surface area contributed by atoms with E-state index in [1.54, 1.807) is 24.3 Å². The molecule has 2 rings (SSSR count). The van der Waals surface area contributed by atoms with Crippen molar-refractivity contribution >= 4 is 17.8 Å². The lowest BCUT2D eigenvalue weighted by atomic mass is 9.86. The summed E-state index contributed by atoms with van der Waals surface area (Å²) in [6, 6.07) is 6.78. The summed E-state index contributed by atoms with van der Waals surface area (Å²) in [6.07, 6.45) is 4.40. The molecule has 1 saturated carbocycles. The minimum Gasteiger partial charge on any atom is -0.491 e. The first-order valence-corrected chi connectivity index (χ1v) is 9.85. The summed E-state index contributed by atoms with van der Waals surface area (Å²) in [7, 11) is 0. The minimum atomic E-state index is -0.653. The average Bonchev–Trinajstić information content (AvgIpc) is 2.66. The third-order valence-electron chi connectivity index (χ3n) is 4.70. The molecule has 1 aliphatic rings. The number of benzene rings is 1. The van der Waals surface area contributed by atoms with Crippen molar-refractivity contribution in [2.75, 3.05) is 13.2 Å². The summed E-state index contributed by atoms with van der Waals surface area (Å²) in [5.74, 6) is -0.248. The van der Waals surface area contributed by atoms with E-state index in [4.69, 9.17) is 9.47 Å². The van der Waals surface area contributed by atoms with Crippen LogP contribution in [-0.4, -0.2) is 43.1 Å². The Hall–Kier alpha value is -2.57. The van der Waals surface area contributed by atoms with Gasteiger partial charge >= 0.3 is 5.97 Å². The molecular weight excluding hydrogens is 360 g/mol. The zero-order chi connectivity index (χ0) is 20.5. The lowest BCUT2D eigenvalue weighted by Gasteiger charge is -2.29. The Labute approximate surface area is 166 Å². The monoisotopic (exact) mass is 390 g/mol. The number of nitrogens with one attached hydrogen (secondary N) is 2. The third kappa shape index (κ3) is 7.21. The second-order valence-electron chi connectivity index (χ2n) is 7.47. The van der Waals surface area contributed by atoms with E-state index in [1.807, 2.05) is 13.8 Å². The number of hydrogen-bond donors (Lipinski definition) is 2. The van der Waals surface area contributed by atoms with Crippen LogP contribution < -0.4 is 15.4 Å². The Morgan fingerprint density at radius 3 is 2.43 bits per heavy atom. The number of carbonyl (C=O) groups is 3. The van der Waals surface area contributed by atoms with Crippen molar-refractivity contribution in [3.05, 3.63) is 29.8 Å². The van der Waals surface area contributed by atoms with Crippen LogP contribution in [-0.2, 0) is 14.3 Å². The van der Waals surface area contributed by atoms with Gasteiger partial charge in [0.2, 0.25) is 0 Å². The SMILES string of the molecule is CC(C)Oc1ccc(C(=O)NCC(=O)OCC(=O)NC2CCCCC2C)cc1. The molecule has 0 heterocycles. The Balaban J connectivity index is 1.68. The summed E-state index contributed by atoms with van der Waals surface area (Å²) >= 11 is 0. The molecule has 0 bridgehead atoms. The third-order valence-corrected chi connectivity index (χ3v) is 4.70. The van der Waals surface area contributed by atoms with Crippen molar-refractivity contribution < 1.29 is 23.9 Å². The normalized spacial score (nSPS) is 19.0. The van der Waals surface area contributed by atoms with E-state index in [0.717, 1.165) is 19.3 Å². The zero-order valence-corrected chi connectivity index (χ0v) is 16.8. The highest BCUT2D eigenvalue weighted by atomic mass is 16.5. The van der Waals surface area contributed by atoms with E-state index in [2.05, 4.69) is 17.6 Å². The first-order valence-electron chi connectivity index (χ1n) is 9.85. The lowest BCUT2D eigenvalue weighted by molar-refractivity contribution is -0.147. The van der Waals surface area contributed by atoms with Gasteiger partial charge in [0.1, 0.15) is 12.3 Å². The molecule has 1 fully saturated rings. The maximum atomic E-state index is 12.1. The molecule has 154 valence electrons. The van der Waals surface area contributed by atoms with Crippen LogP contribution in [0.3, 0.4) is 0 Å². The van der Waals surface area contributed by atoms with Gasteiger partial charge in [-0.1, -0.05) is 19.8 Å². The van der Waals surface area contributed by atoms with Gasteiger partial charge in [0.25, 0.3) is 11.8 Å². The standard InChI is InChI=1S/C21H30N2O5/c1-14(2)28-17-10-8-16(9-11-17)21(26)22-12-20(25)27-13-19(24)23-18-7-5-4-6-15(18)3/h8-11,14-15,18H,4-7,12-13H2,1-3H3,(H,22,26)(H,23,24). The van der Waals surface area contributed by atoms with Gasteiger partial charge in [-0.3, -0.25) is 14.4 Å². The van der Waals surface area contributed by atoms with Gasteiger partial charge < -0.3 is 20.1 Å². The predicted octanol–water partition coefficient (Wildman–Crippen LogP) is 2.44. The Morgan fingerprint density at radius 2 is 1.79 bits per heavy atom. The fraction of sp³-hybridized carbons (Fsp3) is 0.571. The number of carbonyl (C=O) groups excluding carboxylic acids is 3. The molecule has 1 aromatic rings. The van der Waals surface area contributed by atoms with Gasteiger partial charge in [0.05, 0.1) is 6.10 Å². The molecule has 0 aromatic heterocycles. The lowest BCUT2D eigenvalue weighted by Crippen LogP contribution is -2.43. The molecule has 0 spiro atoms. The van der Waals surface area contributed by atoms with E-state index in [0.29, 0.717) is 17.2 Å². The van der Waals surface area contributed by atoms with Crippen LogP contribution in [0.5, 0.6) is 5.75 Å². The van der Waals surface area contributed by atoms with Gasteiger partial charge in [-0.05, 0) is 56.9 Å². The van der Waals surface area contributed by atoms with Gasteiger partial charge in [0, 0.05) is 11.6 Å². The maximum absolute atomic E-state index is 12.1. The van der Waals surface area contributed by atoms with Crippen LogP contribution in [0, 0.1) is 5.92 Å². The second-order valence-corrected chi connectivity index (χ2v) is 7.47. The molecule has 7 nitrogen and oxygen atoms in total. The largest absolute Gasteiger partial charge is 0.491 e. The van der Waals surface area contributed by atoms with Crippen LogP contribution in [0.25, 0.3) is 0 Å². The predicted molar refractivity (Wildman–Crippen MR) is 105 cm³/mol. The van der Waals surface area contributed by atoms with E-state index in [1.165, 1.54) is 6.42 Å². The Bertz CT molecular complexity index is 672. The number of amides is 2. The van der Waals surface area contributed by atoms with E-state index < -0.39 is 11.9 Å². The highest BCUT2D eigenvalue weighted by molar-refractivity contribution is 5.96. The fourth-order valence-corrected chi connectivity index (χ4v) is 3.19. The molecule has 7 heteroatoms. The molecule has 2 atom stereocenters. The first-order chi connectivity index (χ1) is 13.3. The molecule has 2 amide bonds. The molecule has 28 heavy (non-hydrogen) atoms.